The number of hydrogen-bond donors (Lipinski definition) is 1. The van der Waals surface area contributed by atoms with Crippen LogP contribution in [0.4, 0.5) is 13.2 Å². The van der Waals surface area contributed by atoms with Gasteiger partial charge in [-0.2, -0.15) is 17.5 Å². The first kappa shape index (κ1) is 12.7. The zero-order valence-corrected chi connectivity index (χ0v) is 9.42. The van der Waals surface area contributed by atoms with Gasteiger partial charge in [0.2, 0.25) is 0 Å². The van der Waals surface area contributed by atoms with Gasteiger partial charge < -0.3 is 5.11 Å². The number of halogens is 3. The summed E-state index contributed by atoms with van der Waals surface area (Å²) >= 11 is 1.92. The van der Waals surface area contributed by atoms with E-state index in [0.29, 0.717) is 16.6 Å². The van der Waals surface area contributed by atoms with Gasteiger partial charge in [-0.15, -0.1) is 0 Å². The van der Waals surface area contributed by atoms with Crippen molar-refractivity contribution in [2.75, 3.05) is 5.75 Å². The Bertz CT molecular complexity index is 315. The lowest BCUT2D eigenvalue weighted by molar-refractivity contribution is -0.195. The van der Waals surface area contributed by atoms with E-state index in [1.807, 2.05) is 6.92 Å². The van der Waals surface area contributed by atoms with Crippen molar-refractivity contribution in [2.24, 2.45) is 0 Å². The molecule has 0 radical (unpaired) electrons. The number of aliphatic hydroxyl groups excluding tert-OH is 1. The predicted octanol–water partition coefficient (Wildman–Crippen LogP) is 2.12. The van der Waals surface area contributed by atoms with Crippen molar-refractivity contribution >= 4 is 23.3 Å². The molecule has 0 aromatic carbocycles. The summed E-state index contributed by atoms with van der Waals surface area (Å²) < 4.78 is 40.2. The number of aryl methyl sites for hydroxylation is 1. The Labute approximate surface area is 92.9 Å². The molecule has 1 atom stereocenters. The van der Waals surface area contributed by atoms with Crippen LogP contribution in [0.15, 0.2) is 4.34 Å². The van der Waals surface area contributed by atoms with E-state index in [2.05, 4.69) is 9.36 Å². The second-order valence-electron chi connectivity index (χ2n) is 2.70. The van der Waals surface area contributed by atoms with Gasteiger partial charge in [-0.1, -0.05) is 18.7 Å². The van der Waals surface area contributed by atoms with Crippen LogP contribution in [-0.4, -0.2) is 32.5 Å². The second kappa shape index (κ2) is 5.13. The number of aliphatic hydroxyl groups is 1. The fraction of sp³-hybridized carbons (Fsp3) is 0.714. The number of hydrogen-bond acceptors (Lipinski definition) is 5. The zero-order chi connectivity index (χ0) is 11.5. The van der Waals surface area contributed by atoms with Crippen molar-refractivity contribution in [1.82, 2.24) is 9.36 Å². The minimum absolute atomic E-state index is 0.443. The molecule has 0 amide bonds. The molecule has 0 aliphatic heterocycles. The topological polar surface area (TPSA) is 46.0 Å². The number of aromatic nitrogens is 2. The van der Waals surface area contributed by atoms with Crippen molar-refractivity contribution < 1.29 is 18.3 Å². The fourth-order valence-electron chi connectivity index (χ4n) is 0.685. The quantitative estimate of drug-likeness (QED) is 0.840. The first-order valence-electron chi connectivity index (χ1n) is 4.13. The van der Waals surface area contributed by atoms with Crippen LogP contribution < -0.4 is 0 Å². The summed E-state index contributed by atoms with van der Waals surface area (Å²) in [5.74, 6) is 0.172. The average molecular weight is 258 g/mol. The lowest BCUT2D eigenvalue weighted by Gasteiger charge is -2.12. The van der Waals surface area contributed by atoms with Gasteiger partial charge in [-0.05, 0) is 11.5 Å². The van der Waals surface area contributed by atoms with Gasteiger partial charge in [-0.3, -0.25) is 0 Å². The van der Waals surface area contributed by atoms with Crippen LogP contribution in [0.25, 0.3) is 0 Å². The Morgan fingerprint density at radius 1 is 1.53 bits per heavy atom. The van der Waals surface area contributed by atoms with Gasteiger partial charge in [0.05, 0.1) is 0 Å². The molecule has 3 nitrogen and oxygen atoms in total. The molecular formula is C7H9F3N2OS2. The van der Waals surface area contributed by atoms with Crippen molar-refractivity contribution in [3.05, 3.63) is 5.82 Å². The first-order chi connectivity index (χ1) is 6.93. The maximum absolute atomic E-state index is 11.9. The molecule has 0 aliphatic rings. The highest BCUT2D eigenvalue weighted by Crippen LogP contribution is 2.27. The monoisotopic (exact) mass is 258 g/mol. The Balaban J connectivity index is 2.43. The normalized spacial score (nSPS) is 14.2. The van der Waals surface area contributed by atoms with E-state index in [9.17, 15) is 13.2 Å². The molecule has 0 fully saturated rings. The lowest BCUT2D eigenvalue weighted by atomic mass is 10.4. The van der Waals surface area contributed by atoms with Gasteiger partial charge in [0, 0.05) is 12.2 Å². The molecule has 1 heterocycles. The number of alkyl halides is 3. The van der Waals surface area contributed by atoms with Crippen molar-refractivity contribution in [3.8, 4) is 0 Å². The SMILES string of the molecule is CCc1nsc(SCC(O)C(F)(F)F)n1. The predicted molar refractivity (Wildman–Crippen MR) is 52.1 cm³/mol. The third-order valence-electron chi connectivity index (χ3n) is 1.51. The molecule has 86 valence electrons. The maximum atomic E-state index is 11.9. The summed E-state index contributed by atoms with van der Waals surface area (Å²) in [5, 5.41) is 8.72. The molecule has 0 saturated heterocycles. The summed E-state index contributed by atoms with van der Waals surface area (Å²) in [6, 6.07) is 0. The summed E-state index contributed by atoms with van der Waals surface area (Å²) in [4.78, 5) is 3.97. The van der Waals surface area contributed by atoms with E-state index in [1.54, 1.807) is 0 Å². The highest BCUT2D eigenvalue weighted by molar-refractivity contribution is 8.00. The molecule has 1 aromatic rings. The molecule has 1 rings (SSSR count). The Morgan fingerprint density at radius 2 is 2.20 bits per heavy atom. The van der Waals surface area contributed by atoms with E-state index < -0.39 is 18.0 Å². The van der Waals surface area contributed by atoms with Crippen molar-refractivity contribution in [3.63, 3.8) is 0 Å². The van der Waals surface area contributed by atoms with E-state index in [4.69, 9.17) is 5.11 Å². The highest BCUT2D eigenvalue weighted by Gasteiger charge is 2.38. The van der Waals surface area contributed by atoms with Crippen molar-refractivity contribution in [2.45, 2.75) is 30.0 Å². The molecule has 1 N–H and O–H groups in total. The van der Waals surface area contributed by atoms with Crippen LogP contribution in [0.2, 0.25) is 0 Å². The largest absolute Gasteiger partial charge is 0.415 e. The van der Waals surface area contributed by atoms with Crippen LogP contribution >= 0.6 is 23.3 Å². The Kier molecular flexibility index (Phi) is 4.35. The molecule has 8 heteroatoms. The highest BCUT2D eigenvalue weighted by atomic mass is 32.2. The van der Waals surface area contributed by atoms with Gasteiger partial charge in [0.25, 0.3) is 0 Å². The van der Waals surface area contributed by atoms with E-state index >= 15 is 0 Å². The summed E-state index contributed by atoms with van der Waals surface area (Å²) in [7, 11) is 0. The molecule has 0 aliphatic carbocycles. The molecule has 0 spiro atoms. The first-order valence-corrected chi connectivity index (χ1v) is 5.89. The molecule has 15 heavy (non-hydrogen) atoms. The Morgan fingerprint density at radius 3 is 2.67 bits per heavy atom. The third-order valence-corrected chi connectivity index (χ3v) is 3.46. The third kappa shape index (κ3) is 3.96. The average Bonchev–Trinajstić information content (AvgIpc) is 2.60. The van der Waals surface area contributed by atoms with Crippen LogP contribution in [0, 0.1) is 0 Å². The molecule has 1 aromatic heterocycles. The molecule has 0 saturated carbocycles. The van der Waals surface area contributed by atoms with Gasteiger partial charge in [0.15, 0.2) is 10.4 Å². The van der Waals surface area contributed by atoms with E-state index in [1.165, 1.54) is 0 Å². The van der Waals surface area contributed by atoms with E-state index in [-0.39, 0.29) is 0 Å². The number of nitrogens with zero attached hydrogens (tertiary/aromatic N) is 2. The summed E-state index contributed by atoms with van der Waals surface area (Å²) in [6.45, 7) is 1.86. The molecule has 0 bridgehead atoms. The summed E-state index contributed by atoms with van der Waals surface area (Å²) in [5.41, 5.74) is 0. The fourth-order valence-corrected chi connectivity index (χ4v) is 2.37. The standard InChI is InChI=1S/C7H9F3N2OS2/c1-2-5-11-6(15-12-5)14-3-4(13)7(8,9)10/h4,13H,2-3H2,1H3. The minimum Gasteiger partial charge on any atom is -0.383 e. The van der Waals surface area contributed by atoms with Crippen molar-refractivity contribution in [1.29, 1.82) is 0 Å². The van der Waals surface area contributed by atoms with Gasteiger partial charge in [0.1, 0.15) is 5.82 Å². The van der Waals surface area contributed by atoms with Gasteiger partial charge >= 0.3 is 6.18 Å². The van der Waals surface area contributed by atoms with Crippen LogP contribution in [0.1, 0.15) is 12.7 Å². The van der Waals surface area contributed by atoms with Crippen LogP contribution in [-0.2, 0) is 6.42 Å². The van der Waals surface area contributed by atoms with Crippen LogP contribution in [0.3, 0.4) is 0 Å². The maximum Gasteiger partial charge on any atom is 0.415 e. The number of rotatable bonds is 4. The summed E-state index contributed by atoms with van der Waals surface area (Å²) in [6.07, 6.45) is -6.22. The Hall–Kier alpha value is -0.340. The minimum atomic E-state index is -4.56. The molecule has 1 unspecified atom stereocenters. The second-order valence-corrected chi connectivity index (χ2v) is 4.72. The number of thioether (sulfide) groups is 1. The lowest BCUT2D eigenvalue weighted by Crippen LogP contribution is -2.30. The molecular weight excluding hydrogens is 249 g/mol. The van der Waals surface area contributed by atoms with Gasteiger partial charge in [-0.25, -0.2) is 4.98 Å². The smallest absolute Gasteiger partial charge is 0.383 e. The van der Waals surface area contributed by atoms with Crippen LogP contribution in [0.5, 0.6) is 0 Å². The van der Waals surface area contributed by atoms with E-state index in [0.717, 1.165) is 23.3 Å². The zero-order valence-electron chi connectivity index (χ0n) is 7.78.